The van der Waals surface area contributed by atoms with E-state index in [1.165, 1.54) is 5.56 Å². The molecule has 1 aromatic carbocycles. The minimum Gasteiger partial charge on any atom is -0.381 e. The highest BCUT2D eigenvalue weighted by atomic mass is 16.5. The Balaban J connectivity index is 1.83. The smallest absolute Gasteiger partial charge is 0.317 e. The van der Waals surface area contributed by atoms with Gasteiger partial charge in [-0.2, -0.15) is 0 Å². The van der Waals surface area contributed by atoms with Crippen molar-refractivity contribution in [3.63, 3.8) is 0 Å². The number of nitrogens with one attached hydrogen (secondary N) is 1. The highest BCUT2D eigenvalue weighted by Crippen LogP contribution is 2.14. The van der Waals surface area contributed by atoms with E-state index in [1.54, 1.807) is 0 Å². The zero-order valence-corrected chi connectivity index (χ0v) is 13.1. The summed E-state index contributed by atoms with van der Waals surface area (Å²) in [5.41, 5.74) is 2.37. The molecule has 1 unspecified atom stereocenters. The molecule has 2 amide bonds. The maximum atomic E-state index is 12.3. The molecule has 21 heavy (non-hydrogen) atoms. The van der Waals surface area contributed by atoms with Gasteiger partial charge >= 0.3 is 6.03 Å². The maximum absolute atomic E-state index is 12.3. The van der Waals surface area contributed by atoms with Gasteiger partial charge in [0.05, 0.1) is 6.61 Å². The van der Waals surface area contributed by atoms with E-state index in [4.69, 9.17) is 4.74 Å². The minimum atomic E-state index is 0.0318. The molecule has 4 heteroatoms. The van der Waals surface area contributed by atoms with Crippen molar-refractivity contribution in [2.75, 3.05) is 26.3 Å². The van der Waals surface area contributed by atoms with Gasteiger partial charge in [-0.3, -0.25) is 0 Å². The van der Waals surface area contributed by atoms with Gasteiger partial charge in [-0.05, 0) is 25.3 Å². The lowest BCUT2D eigenvalue weighted by molar-refractivity contribution is 0.164. The number of aryl methyl sites for hydroxylation is 1. The number of hydrogen-bond acceptors (Lipinski definition) is 2. The standard InChI is InChI=1S/C17H26N2O2/c1-3-9-19(12-16-8-10-21-13-16)17(20)18-11-15-6-4-14(2)5-7-15/h4-7,16H,3,8-13H2,1-2H3,(H,18,20). The molecule has 1 heterocycles. The normalized spacial score (nSPS) is 17.7. The molecule has 1 fully saturated rings. The maximum Gasteiger partial charge on any atom is 0.317 e. The topological polar surface area (TPSA) is 41.6 Å². The molecule has 1 saturated heterocycles. The molecule has 1 N–H and O–H groups in total. The summed E-state index contributed by atoms with van der Waals surface area (Å²) in [7, 11) is 0. The summed E-state index contributed by atoms with van der Waals surface area (Å²) in [4.78, 5) is 14.3. The van der Waals surface area contributed by atoms with Crippen LogP contribution in [-0.2, 0) is 11.3 Å². The fourth-order valence-electron chi connectivity index (χ4n) is 2.58. The number of nitrogens with zero attached hydrogens (tertiary/aromatic N) is 1. The molecule has 0 radical (unpaired) electrons. The van der Waals surface area contributed by atoms with Gasteiger partial charge in [0.1, 0.15) is 0 Å². The third-order valence-electron chi connectivity index (χ3n) is 3.85. The highest BCUT2D eigenvalue weighted by Gasteiger charge is 2.21. The molecule has 1 atom stereocenters. The minimum absolute atomic E-state index is 0.0318. The van der Waals surface area contributed by atoms with E-state index in [9.17, 15) is 4.79 Å². The Morgan fingerprint density at radius 2 is 2.14 bits per heavy atom. The van der Waals surface area contributed by atoms with Gasteiger partial charge in [-0.15, -0.1) is 0 Å². The molecule has 2 rings (SSSR count). The zero-order chi connectivity index (χ0) is 15.1. The molecular weight excluding hydrogens is 264 g/mol. The second-order valence-electron chi connectivity index (χ2n) is 5.82. The molecule has 4 nitrogen and oxygen atoms in total. The number of hydrogen-bond donors (Lipinski definition) is 1. The van der Waals surface area contributed by atoms with Gasteiger partial charge in [0.2, 0.25) is 0 Å². The molecule has 0 saturated carbocycles. The average molecular weight is 290 g/mol. The van der Waals surface area contributed by atoms with Crippen LogP contribution in [0.15, 0.2) is 24.3 Å². The Morgan fingerprint density at radius 3 is 2.76 bits per heavy atom. The second-order valence-corrected chi connectivity index (χ2v) is 5.82. The van der Waals surface area contributed by atoms with Crippen LogP contribution in [0, 0.1) is 12.8 Å². The monoisotopic (exact) mass is 290 g/mol. The van der Waals surface area contributed by atoms with E-state index in [2.05, 4.69) is 43.4 Å². The van der Waals surface area contributed by atoms with Gasteiger partial charge in [0.25, 0.3) is 0 Å². The van der Waals surface area contributed by atoms with Crippen molar-refractivity contribution >= 4 is 6.03 Å². The van der Waals surface area contributed by atoms with E-state index < -0.39 is 0 Å². The summed E-state index contributed by atoms with van der Waals surface area (Å²) in [6.45, 7) is 7.96. The third-order valence-corrected chi connectivity index (χ3v) is 3.85. The van der Waals surface area contributed by atoms with E-state index in [1.807, 2.05) is 4.90 Å². The predicted octanol–water partition coefficient (Wildman–Crippen LogP) is 2.95. The van der Waals surface area contributed by atoms with E-state index in [-0.39, 0.29) is 6.03 Å². The Hall–Kier alpha value is -1.55. The van der Waals surface area contributed by atoms with Gasteiger partial charge in [-0.1, -0.05) is 36.8 Å². The molecule has 0 spiro atoms. The van der Waals surface area contributed by atoms with Gasteiger partial charge in [0, 0.05) is 32.2 Å². The van der Waals surface area contributed by atoms with Crippen LogP contribution in [0.25, 0.3) is 0 Å². The SMILES string of the molecule is CCCN(CC1CCOC1)C(=O)NCc1ccc(C)cc1. The van der Waals surface area contributed by atoms with Crippen LogP contribution in [0.1, 0.15) is 30.9 Å². The van der Waals surface area contributed by atoms with Crippen LogP contribution < -0.4 is 5.32 Å². The number of carbonyl (C=O) groups excluding carboxylic acids is 1. The fraction of sp³-hybridized carbons (Fsp3) is 0.588. The molecule has 116 valence electrons. The van der Waals surface area contributed by atoms with Crippen molar-refractivity contribution in [1.82, 2.24) is 10.2 Å². The summed E-state index contributed by atoms with van der Waals surface area (Å²) in [5.74, 6) is 0.488. The average Bonchev–Trinajstić information content (AvgIpc) is 2.99. The van der Waals surface area contributed by atoms with Crippen molar-refractivity contribution in [2.45, 2.75) is 33.2 Å². The molecule has 0 aliphatic carbocycles. The summed E-state index contributed by atoms with van der Waals surface area (Å²) < 4.78 is 5.40. The first-order valence-electron chi connectivity index (χ1n) is 7.85. The molecule has 1 aliphatic heterocycles. The fourth-order valence-corrected chi connectivity index (χ4v) is 2.58. The van der Waals surface area contributed by atoms with Crippen molar-refractivity contribution in [3.05, 3.63) is 35.4 Å². The van der Waals surface area contributed by atoms with Crippen LogP contribution in [-0.4, -0.2) is 37.2 Å². The van der Waals surface area contributed by atoms with Crippen molar-refractivity contribution < 1.29 is 9.53 Å². The molecule has 1 aliphatic rings. The van der Waals surface area contributed by atoms with Crippen LogP contribution in [0.3, 0.4) is 0 Å². The Kier molecular flexibility index (Phi) is 6.05. The first kappa shape index (κ1) is 15.8. The van der Waals surface area contributed by atoms with E-state index >= 15 is 0 Å². The van der Waals surface area contributed by atoms with E-state index in [0.29, 0.717) is 12.5 Å². The molecule has 0 bridgehead atoms. The lowest BCUT2D eigenvalue weighted by Gasteiger charge is -2.25. The number of amides is 2. The molecule has 1 aromatic rings. The summed E-state index contributed by atoms with van der Waals surface area (Å²) in [6, 6.07) is 8.29. The number of benzene rings is 1. The summed E-state index contributed by atoms with van der Waals surface area (Å²) in [5, 5.41) is 3.02. The second kappa shape index (κ2) is 8.03. The van der Waals surface area contributed by atoms with Crippen LogP contribution in [0.2, 0.25) is 0 Å². The van der Waals surface area contributed by atoms with Crippen molar-refractivity contribution in [2.24, 2.45) is 5.92 Å². The number of rotatable bonds is 6. The Labute approximate surface area is 127 Å². The lowest BCUT2D eigenvalue weighted by atomic mass is 10.1. The van der Waals surface area contributed by atoms with Crippen molar-refractivity contribution in [1.29, 1.82) is 0 Å². The molecular formula is C17H26N2O2. The number of carbonyl (C=O) groups is 1. The highest BCUT2D eigenvalue weighted by molar-refractivity contribution is 5.74. The largest absolute Gasteiger partial charge is 0.381 e. The van der Waals surface area contributed by atoms with Crippen LogP contribution in [0.4, 0.5) is 4.79 Å². The number of ether oxygens (including phenoxy) is 1. The quantitative estimate of drug-likeness (QED) is 0.875. The van der Waals surface area contributed by atoms with Gasteiger partial charge < -0.3 is 15.0 Å². The van der Waals surface area contributed by atoms with Crippen LogP contribution in [0.5, 0.6) is 0 Å². The van der Waals surface area contributed by atoms with Crippen molar-refractivity contribution in [3.8, 4) is 0 Å². The zero-order valence-electron chi connectivity index (χ0n) is 13.1. The Bertz CT molecular complexity index is 439. The third kappa shape index (κ3) is 5.05. The number of urea groups is 1. The first-order valence-corrected chi connectivity index (χ1v) is 7.85. The lowest BCUT2D eigenvalue weighted by Crippen LogP contribution is -2.42. The van der Waals surface area contributed by atoms with Gasteiger partial charge in [-0.25, -0.2) is 4.79 Å². The molecule has 0 aromatic heterocycles. The Morgan fingerprint density at radius 1 is 1.38 bits per heavy atom. The van der Waals surface area contributed by atoms with Gasteiger partial charge in [0.15, 0.2) is 0 Å². The summed E-state index contributed by atoms with van der Waals surface area (Å²) >= 11 is 0. The summed E-state index contributed by atoms with van der Waals surface area (Å²) in [6.07, 6.45) is 2.04. The van der Waals surface area contributed by atoms with Crippen LogP contribution >= 0.6 is 0 Å². The first-order chi connectivity index (χ1) is 10.2. The van der Waals surface area contributed by atoms with E-state index in [0.717, 1.165) is 44.7 Å². The predicted molar refractivity (Wildman–Crippen MR) is 84.2 cm³/mol.